The maximum atomic E-state index is 12.7. The molecule has 1 aromatic carbocycles. The first-order chi connectivity index (χ1) is 10.5. The fraction of sp³-hybridized carbons (Fsp3) is 0.400. The van der Waals surface area contributed by atoms with Gasteiger partial charge in [0.15, 0.2) is 0 Å². The first-order valence-corrected chi connectivity index (χ1v) is 9.06. The van der Waals surface area contributed by atoms with Gasteiger partial charge in [-0.1, -0.05) is 11.6 Å². The summed E-state index contributed by atoms with van der Waals surface area (Å²) in [7, 11) is -3.48. The minimum Gasteiger partial charge on any atom is -0.346 e. The second kappa shape index (κ2) is 6.02. The van der Waals surface area contributed by atoms with Gasteiger partial charge in [-0.2, -0.15) is 4.31 Å². The zero-order valence-electron chi connectivity index (χ0n) is 12.3. The van der Waals surface area contributed by atoms with Crippen LogP contribution in [0.15, 0.2) is 35.4 Å². The maximum absolute atomic E-state index is 12.7. The number of sulfonamides is 1. The largest absolute Gasteiger partial charge is 0.346 e. The quantitative estimate of drug-likeness (QED) is 0.935. The van der Waals surface area contributed by atoms with Crippen molar-refractivity contribution in [3.63, 3.8) is 0 Å². The molecule has 5 nitrogen and oxygen atoms in total. The number of hydrogen-bond donors (Lipinski definition) is 1. The van der Waals surface area contributed by atoms with Crippen LogP contribution in [0.5, 0.6) is 0 Å². The Bertz CT molecular complexity index is 755. The minimum atomic E-state index is -3.48. The van der Waals surface area contributed by atoms with Gasteiger partial charge in [-0.3, -0.25) is 0 Å². The number of hydrogen-bond acceptors (Lipinski definition) is 3. The lowest BCUT2D eigenvalue weighted by Crippen LogP contribution is -2.39. The summed E-state index contributed by atoms with van der Waals surface area (Å²) in [5.41, 5.74) is 0.993. The molecule has 0 radical (unpaired) electrons. The number of nitrogens with zero attached hydrogens (tertiary/aromatic N) is 2. The van der Waals surface area contributed by atoms with Crippen molar-refractivity contribution in [2.45, 2.75) is 30.6 Å². The molecule has 0 saturated carbocycles. The summed E-state index contributed by atoms with van der Waals surface area (Å²) in [6.45, 7) is 2.95. The van der Waals surface area contributed by atoms with E-state index in [1.54, 1.807) is 34.8 Å². The Kier molecular flexibility index (Phi) is 4.25. The van der Waals surface area contributed by atoms with Gasteiger partial charge in [0.2, 0.25) is 10.0 Å². The van der Waals surface area contributed by atoms with E-state index < -0.39 is 10.0 Å². The van der Waals surface area contributed by atoms with Crippen LogP contribution in [-0.2, 0) is 10.0 Å². The number of benzene rings is 1. The van der Waals surface area contributed by atoms with Crippen LogP contribution in [0.1, 0.15) is 30.3 Å². The molecule has 2 heterocycles. The predicted octanol–water partition coefficient (Wildman–Crippen LogP) is 2.94. The van der Waals surface area contributed by atoms with Crippen molar-refractivity contribution in [1.82, 2.24) is 14.3 Å². The topological polar surface area (TPSA) is 66.1 Å². The molecule has 1 saturated heterocycles. The predicted molar refractivity (Wildman–Crippen MR) is 85.5 cm³/mol. The highest BCUT2D eigenvalue weighted by Crippen LogP contribution is 2.29. The Morgan fingerprint density at radius 3 is 2.68 bits per heavy atom. The number of aromatic nitrogens is 2. The number of aromatic amines is 1. The molecule has 0 aliphatic carbocycles. The van der Waals surface area contributed by atoms with E-state index in [4.69, 9.17) is 11.6 Å². The van der Waals surface area contributed by atoms with Crippen molar-refractivity contribution in [3.05, 3.63) is 47.0 Å². The summed E-state index contributed by atoms with van der Waals surface area (Å²) in [5.74, 6) is 0.984. The normalized spacial score (nSPS) is 20.2. The Morgan fingerprint density at radius 1 is 1.32 bits per heavy atom. The molecule has 0 bridgehead atoms. The van der Waals surface area contributed by atoms with Crippen molar-refractivity contribution >= 4 is 21.6 Å². The summed E-state index contributed by atoms with van der Waals surface area (Å²) in [5, 5.41) is 0.529. The second-order valence-electron chi connectivity index (χ2n) is 5.61. The number of imidazole rings is 1. The van der Waals surface area contributed by atoms with Crippen LogP contribution < -0.4 is 0 Å². The van der Waals surface area contributed by atoms with Gasteiger partial charge >= 0.3 is 0 Å². The van der Waals surface area contributed by atoms with E-state index >= 15 is 0 Å². The monoisotopic (exact) mass is 339 g/mol. The fourth-order valence-corrected chi connectivity index (χ4v) is 4.43. The Hall–Kier alpha value is -1.37. The molecular formula is C15H18ClN3O2S. The molecule has 1 N–H and O–H groups in total. The third kappa shape index (κ3) is 3.04. The number of piperidine rings is 1. The Morgan fingerprint density at radius 2 is 2.05 bits per heavy atom. The van der Waals surface area contributed by atoms with Gasteiger partial charge in [0, 0.05) is 35.9 Å². The molecule has 0 spiro atoms. The van der Waals surface area contributed by atoms with Gasteiger partial charge in [0.05, 0.1) is 4.90 Å². The third-order valence-corrected chi connectivity index (χ3v) is 6.08. The highest BCUT2D eigenvalue weighted by atomic mass is 35.5. The summed E-state index contributed by atoms with van der Waals surface area (Å²) in [6, 6.07) is 6.31. The van der Waals surface area contributed by atoms with E-state index in [-0.39, 0.29) is 10.8 Å². The molecule has 0 unspecified atom stereocenters. The molecule has 0 amide bonds. The van der Waals surface area contributed by atoms with Crippen LogP contribution in [-0.4, -0.2) is 35.8 Å². The molecule has 3 rings (SSSR count). The number of halogens is 1. The highest BCUT2D eigenvalue weighted by Gasteiger charge is 2.31. The van der Waals surface area contributed by atoms with E-state index in [9.17, 15) is 8.42 Å². The SMILES string of the molecule is Cc1cnc([C@H]2CCCN(S(=O)(=O)c3ccc(Cl)cc3)C2)[nH]1. The van der Waals surface area contributed by atoms with E-state index in [0.717, 1.165) is 24.4 Å². The summed E-state index contributed by atoms with van der Waals surface area (Å²) >= 11 is 5.83. The molecule has 1 fully saturated rings. The molecule has 7 heteroatoms. The summed E-state index contributed by atoms with van der Waals surface area (Å²) < 4.78 is 27.0. The van der Waals surface area contributed by atoms with Crippen LogP contribution in [0.4, 0.5) is 0 Å². The molecule has 1 aliphatic heterocycles. The number of rotatable bonds is 3. The standard InChI is InChI=1S/C15H18ClN3O2S/c1-11-9-17-15(18-11)12-3-2-8-19(10-12)22(20,21)14-6-4-13(16)5-7-14/h4-7,9,12H,2-3,8,10H2,1H3,(H,17,18)/t12-/m0/s1. The summed E-state index contributed by atoms with van der Waals surface area (Å²) in [6.07, 6.45) is 3.55. The highest BCUT2D eigenvalue weighted by molar-refractivity contribution is 7.89. The molecular weight excluding hydrogens is 322 g/mol. The first-order valence-electron chi connectivity index (χ1n) is 7.24. The van der Waals surface area contributed by atoms with E-state index in [1.807, 2.05) is 6.92 Å². The minimum absolute atomic E-state index is 0.115. The lowest BCUT2D eigenvalue weighted by molar-refractivity contribution is 0.310. The smallest absolute Gasteiger partial charge is 0.243 e. The number of aryl methyl sites for hydroxylation is 1. The lowest BCUT2D eigenvalue weighted by atomic mass is 9.99. The van der Waals surface area contributed by atoms with Gasteiger partial charge in [-0.25, -0.2) is 13.4 Å². The fourth-order valence-electron chi connectivity index (χ4n) is 2.78. The van der Waals surface area contributed by atoms with Crippen molar-refractivity contribution in [2.75, 3.05) is 13.1 Å². The van der Waals surface area contributed by atoms with Crippen molar-refractivity contribution in [3.8, 4) is 0 Å². The van der Waals surface area contributed by atoms with Crippen molar-refractivity contribution in [1.29, 1.82) is 0 Å². The molecule has 1 aliphatic rings. The number of nitrogens with one attached hydrogen (secondary N) is 1. The molecule has 118 valence electrons. The maximum Gasteiger partial charge on any atom is 0.243 e. The van der Waals surface area contributed by atoms with Crippen molar-refractivity contribution in [2.24, 2.45) is 0 Å². The molecule has 1 atom stereocenters. The van der Waals surface area contributed by atoms with Crippen LogP contribution in [0, 0.1) is 6.92 Å². The van der Waals surface area contributed by atoms with Crippen LogP contribution >= 0.6 is 11.6 Å². The summed E-state index contributed by atoms with van der Waals surface area (Å²) in [4.78, 5) is 7.85. The zero-order chi connectivity index (χ0) is 15.7. The first kappa shape index (κ1) is 15.5. The van der Waals surface area contributed by atoms with E-state index in [0.29, 0.717) is 18.1 Å². The van der Waals surface area contributed by atoms with E-state index in [1.165, 1.54) is 0 Å². The van der Waals surface area contributed by atoms with Crippen LogP contribution in [0.25, 0.3) is 0 Å². The van der Waals surface area contributed by atoms with Gasteiger partial charge in [0.25, 0.3) is 0 Å². The number of H-pyrrole nitrogens is 1. The average Bonchev–Trinajstić information content (AvgIpc) is 2.94. The van der Waals surface area contributed by atoms with Crippen molar-refractivity contribution < 1.29 is 8.42 Å². The van der Waals surface area contributed by atoms with Gasteiger partial charge < -0.3 is 4.98 Å². The molecule has 22 heavy (non-hydrogen) atoms. The van der Waals surface area contributed by atoms with Gasteiger partial charge in [-0.15, -0.1) is 0 Å². The van der Waals surface area contributed by atoms with Gasteiger partial charge in [-0.05, 0) is 44.0 Å². The Labute approximate surface area is 135 Å². The van der Waals surface area contributed by atoms with E-state index in [2.05, 4.69) is 9.97 Å². The third-order valence-electron chi connectivity index (χ3n) is 3.94. The molecule has 2 aromatic rings. The van der Waals surface area contributed by atoms with Gasteiger partial charge in [0.1, 0.15) is 5.82 Å². The lowest BCUT2D eigenvalue weighted by Gasteiger charge is -2.31. The zero-order valence-corrected chi connectivity index (χ0v) is 13.9. The molecule has 1 aromatic heterocycles. The second-order valence-corrected chi connectivity index (χ2v) is 7.98. The average molecular weight is 340 g/mol. The van der Waals surface area contributed by atoms with Crippen LogP contribution in [0.3, 0.4) is 0 Å². The van der Waals surface area contributed by atoms with Crippen LogP contribution in [0.2, 0.25) is 5.02 Å². The Balaban J connectivity index is 1.83.